The van der Waals surface area contributed by atoms with Crippen LogP contribution in [0.4, 0.5) is 0 Å². The van der Waals surface area contributed by atoms with Gasteiger partial charge in [-0.25, -0.2) is 0 Å². The second kappa shape index (κ2) is 4.11. The van der Waals surface area contributed by atoms with Gasteiger partial charge in [-0.05, 0) is 45.0 Å². The van der Waals surface area contributed by atoms with Gasteiger partial charge in [0.1, 0.15) is 0 Å². The molecule has 15 heavy (non-hydrogen) atoms. The van der Waals surface area contributed by atoms with Crippen molar-refractivity contribution in [1.82, 2.24) is 9.88 Å². The SMILES string of the molecule is CC(=O)c1cncc([C@@H]2CCCN2C)c1. The van der Waals surface area contributed by atoms with E-state index in [1.807, 2.05) is 12.3 Å². The number of ketones is 1. The number of hydrogen-bond donors (Lipinski definition) is 0. The Labute approximate surface area is 90.1 Å². The monoisotopic (exact) mass is 204 g/mol. The molecule has 3 heteroatoms. The van der Waals surface area contributed by atoms with Crippen molar-refractivity contribution in [3.63, 3.8) is 0 Å². The molecule has 0 radical (unpaired) electrons. The number of carbonyl (C=O) groups is 1. The van der Waals surface area contributed by atoms with Crippen molar-refractivity contribution >= 4 is 5.78 Å². The lowest BCUT2D eigenvalue weighted by Gasteiger charge is -2.19. The van der Waals surface area contributed by atoms with Gasteiger partial charge < -0.3 is 0 Å². The van der Waals surface area contributed by atoms with E-state index >= 15 is 0 Å². The molecule has 0 N–H and O–H groups in total. The van der Waals surface area contributed by atoms with Crippen LogP contribution < -0.4 is 0 Å². The maximum Gasteiger partial charge on any atom is 0.161 e. The summed E-state index contributed by atoms with van der Waals surface area (Å²) in [5.41, 5.74) is 1.88. The lowest BCUT2D eigenvalue weighted by atomic mass is 10.0. The molecule has 1 aliphatic heterocycles. The summed E-state index contributed by atoms with van der Waals surface area (Å²) in [5.74, 6) is 0.0880. The summed E-state index contributed by atoms with van der Waals surface area (Å²) in [5, 5.41) is 0. The summed E-state index contributed by atoms with van der Waals surface area (Å²) in [6, 6.07) is 2.42. The molecule has 3 nitrogen and oxygen atoms in total. The maximum absolute atomic E-state index is 11.2. The van der Waals surface area contributed by atoms with Crippen LogP contribution in [0.15, 0.2) is 18.5 Å². The van der Waals surface area contributed by atoms with Gasteiger partial charge in [-0.1, -0.05) is 0 Å². The molecule has 1 saturated heterocycles. The average Bonchev–Trinajstić information content (AvgIpc) is 2.64. The van der Waals surface area contributed by atoms with Crippen molar-refractivity contribution in [1.29, 1.82) is 0 Å². The zero-order valence-corrected chi connectivity index (χ0v) is 9.23. The van der Waals surface area contributed by atoms with E-state index in [4.69, 9.17) is 0 Å². The number of hydrogen-bond acceptors (Lipinski definition) is 3. The van der Waals surface area contributed by atoms with Gasteiger partial charge in [0.05, 0.1) is 0 Å². The molecule has 2 heterocycles. The molecule has 0 bridgehead atoms. The van der Waals surface area contributed by atoms with E-state index in [0.29, 0.717) is 11.6 Å². The first-order valence-electron chi connectivity index (χ1n) is 5.34. The Hall–Kier alpha value is -1.22. The summed E-state index contributed by atoms with van der Waals surface area (Å²) >= 11 is 0. The lowest BCUT2D eigenvalue weighted by Crippen LogP contribution is -2.17. The van der Waals surface area contributed by atoms with Crippen LogP contribution in [0, 0.1) is 0 Å². The third-order valence-corrected chi connectivity index (χ3v) is 3.07. The van der Waals surface area contributed by atoms with Crippen molar-refractivity contribution in [3.05, 3.63) is 29.6 Å². The van der Waals surface area contributed by atoms with Gasteiger partial charge in [-0.15, -0.1) is 0 Å². The van der Waals surface area contributed by atoms with Crippen LogP contribution in [0.2, 0.25) is 0 Å². The Morgan fingerprint density at radius 1 is 1.53 bits per heavy atom. The molecule has 1 aromatic rings. The predicted octanol–water partition coefficient (Wildman–Crippen LogP) is 2.05. The van der Waals surface area contributed by atoms with Crippen molar-refractivity contribution in [2.75, 3.05) is 13.6 Å². The number of Topliss-reactive ketones (excluding diaryl/α,β-unsaturated/α-hetero) is 1. The quantitative estimate of drug-likeness (QED) is 0.691. The third kappa shape index (κ3) is 2.07. The van der Waals surface area contributed by atoms with Crippen LogP contribution in [0.5, 0.6) is 0 Å². The average molecular weight is 204 g/mol. The first-order chi connectivity index (χ1) is 7.18. The Morgan fingerprint density at radius 3 is 2.93 bits per heavy atom. The van der Waals surface area contributed by atoms with E-state index in [0.717, 1.165) is 6.54 Å². The van der Waals surface area contributed by atoms with Crippen LogP contribution in [0.25, 0.3) is 0 Å². The molecule has 0 aromatic carbocycles. The van der Waals surface area contributed by atoms with Crippen molar-refractivity contribution in [3.8, 4) is 0 Å². The number of nitrogens with zero attached hydrogens (tertiary/aromatic N) is 2. The fraction of sp³-hybridized carbons (Fsp3) is 0.500. The third-order valence-electron chi connectivity index (χ3n) is 3.07. The second-order valence-electron chi connectivity index (χ2n) is 4.20. The molecule has 1 aliphatic rings. The molecule has 1 atom stereocenters. The number of rotatable bonds is 2. The molecule has 0 unspecified atom stereocenters. The van der Waals surface area contributed by atoms with E-state index in [2.05, 4.69) is 16.9 Å². The van der Waals surface area contributed by atoms with E-state index in [-0.39, 0.29) is 5.78 Å². The van der Waals surface area contributed by atoms with Gasteiger partial charge in [0.2, 0.25) is 0 Å². The van der Waals surface area contributed by atoms with Crippen LogP contribution in [0.1, 0.15) is 41.7 Å². The number of pyridine rings is 1. The topological polar surface area (TPSA) is 33.2 Å². The number of likely N-dealkylation sites (tertiary alicyclic amines) is 1. The minimum Gasteiger partial charge on any atom is -0.299 e. The van der Waals surface area contributed by atoms with Gasteiger partial charge in [0.25, 0.3) is 0 Å². The first kappa shape index (κ1) is 10.3. The molecular formula is C12H16N2O. The Balaban J connectivity index is 2.28. The standard InChI is InChI=1S/C12H16N2O/c1-9(15)10-6-11(8-13-7-10)12-4-3-5-14(12)2/h6-8,12H,3-5H2,1-2H3/t12-/m0/s1. The minimum absolute atomic E-state index is 0.0880. The second-order valence-corrected chi connectivity index (χ2v) is 4.20. The highest BCUT2D eigenvalue weighted by Crippen LogP contribution is 2.30. The van der Waals surface area contributed by atoms with Crippen LogP contribution in [0.3, 0.4) is 0 Å². The van der Waals surface area contributed by atoms with Crippen LogP contribution in [-0.2, 0) is 0 Å². The summed E-state index contributed by atoms with van der Waals surface area (Å²) in [7, 11) is 2.12. The van der Waals surface area contributed by atoms with Crippen LogP contribution >= 0.6 is 0 Å². The highest BCUT2D eigenvalue weighted by molar-refractivity contribution is 5.93. The Bertz CT molecular complexity index is 376. The molecule has 0 saturated carbocycles. The van der Waals surface area contributed by atoms with Gasteiger partial charge >= 0.3 is 0 Å². The van der Waals surface area contributed by atoms with Gasteiger partial charge in [0, 0.05) is 24.0 Å². The zero-order valence-electron chi connectivity index (χ0n) is 9.23. The molecule has 1 fully saturated rings. The minimum atomic E-state index is 0.0880. The largest absolute Gasteiger partial charge is 0.299 e. The predicted molar refractivity (Wildman–Crippen MR) is 58.8 cm³/mol. The highest BCUT2D eigenvalue weighted by atomic mass is 16.1. The molecule has 2 rings (SSSR count). The zero-order chi connectivity index (χ0) is 10.8. The molecule has 1 aromatic heterocycles. The smallest absolute Gasteiger partial charge is 0.161 e. The summed E-state index contributed by atoms with van der Waals surface area (Å²) in [4.78, 5) is 17.7. The molecule has 0 amide bonds. The van der Waals surface area contributed by atoms with Crippen LogP contribution in [-0.4, -0.2) is 29.3 Å². The molecule has 80 valence electrons. The molecule has 0 spiro atoms. The highest BCUT2D eigenvalue weighted by Gasteiger charge is 2.23. The fourth-order valence-electron chi connectivity index (χ4n) is 2.16. The van der Waals surface area contributed by atoms with Crippen molar-refractivity contribution < 1.29 is 4.79 Å². The summed E-state index contributed by atoms with van der Waals surface area (Å²) in [6.07, 6.45) is 5.91. The van der Waals surface area contributed by atoms with Crippen molar-refractivity contribution in [2.24, 2.45) is 0 Å². The number of aromatic nitrogens is 1. The Kier molecular flexibility index (Phi) is 2.82. The fourth-order valence-corrected chi connectivity index (χ4v) is 2.16. The molecular weight excluding hydrogens is 188 g/mol. The van der Waals surface area contributed by atoms with Gasteiger partial charge in [0.15, 0.2) is 5.78 Å². The normalized spacial score (nSPS) is 21.9. The first-order valence-corrected chi connectivity index (χ1v) is 5.34. The van der Waals surface area contributed by atoms with E-state index < -0.39 is 0 Å². The van der Waals surface area contributed by atoms with Crippen molar-refractivity contribution in [2.45, 2.75) is 25.8 Å². The van der Waals surface area contributed by atoms with E-state index in [1.54, 1.807) is 13.1 Å². The maximum atomic E-state index is 11.2. The number of carbonyl (C=O) groups excluding carboxylic acids is 1. The Morgan fingerprint density at radius 2 is 2.33 bits per heavy atom. The summed E-state index contributed by atoms with van der Waals surface area (Å²) < 4.78 is 0. The van der Waals surface area contributed by atoms with Gasteiger partial charge in [-0.3, -0.25) is 14.7 Å². The lowest BCUT2D eigenvalue weighted by molar-refractivity contribution is 0.101. The van der Waals surface area contributed by atoms with Gasteiger partial charge in [-0.2, -0.15) is 0 Å². The molecule has 0 aliphatic carbocycles. The van der Waals surface area contributed by atoms with E-state index in [9.17, 15) is 4.79 Å². The van der Waals surface area contributed by atoms with E-state index in [1.165, 1.54) is 18.4 Å². The summed E-state index contributed by atoms with van der Waals surface area (Å²) in [6.45, 7) is 2.72.